The molecule has 5 heteroatoms. The van der Waals surface area contributed by atoms with Crippen LogP contribution in [-0.4, -0.2) is 17.3 Å². The molecule has 21 heavy (non-hydrogen) atoms. The average Bonchev–Trinajstić information content (AvgIpc) is 2.48. The molecule has 1 aromatic carbocycles. The van der Waals surface area contributed by atoms with E-state index in [0.29, 0.717) is 22.8 Å². The van der Waals surface area contributed by atoms with Crippen LogP contribution in [-0.2, 0) is 0 Å². The van der Waals surface area contributed by atoms with Crippen LogP contribution in [0, 0.1) is 0 Å². The average molecular weight is 284 g/mol. The molecule has 0 amide bonds. The lowest BCUT2D eigenvalue weighted by Crippen LogP contribution is -1.99. The van der Waals surface area contributed by atoms with Gasteiger partial charge in [-0.05, 0) is 36.4 Å². The molecule has 2 N–H and O–H groups in total. The first kappa shape index (κ1) is 13.1. The molecular weight excluding hydrogens is 272 g/mol. The van der Waals surface area contributed by atoms with Gasteiger partial charge in [-0.25, -0.2) is 0 Å². The highest BCUT2D eigenvalue weighted by atomic mass is 16.5. The van der Waals surface area contributed by atoms with Gasteiger partial charge in [-0.15, -0.1) is 0 Å². The Labute approximate surface area is 120 Å². The third-order valence-corrected chi connectivity index (χ3v) is 3.16. The van der Waals surface area contributed by atoms with Crippen molar-refractivity contribution < 1.29 is 19.4 Å². The molecule has 0 radical (unpaired) electrons. The van der Waals surface area contributed by atoms with E-state index in [0.717, 1.165) is 5.56 Å². The molecule has 106 valence electrons. The first-order valence-electron chi connectivity index (χ1n) is 6.23. The van der Waals surface area contributed by atoms with Crippen molar-refractivity contribution in [3.05, 3.63) is 52.7 Å². The molecule has 0 spiro atoms. The third-order valence-electron chi connectivity index (χ3n) is 3.16. The van der Waals surface area contributed by atoms with Crippen molar-refractivity contribution in [2.24, 2.45) is 0 Å². The SMILES string of the molecule is COc1cc2ccc(=O)cc-2oc1-c1ccc(O)c(O)c1. The Morgan fingerprint density at radius 2 is 1.71 bits per heavy atom. The van der Waals surface area contributed by atoms with E-state index in [1.807, 2.05) is 0 Å². The van der Waals surface area contributed by atoms with E-state index in [1.54, 1.807) is 18.2 Å². The molecule has 1 aliphatic carbocycles. The lowest BCUT2D eigenvalue weighted by molar-refractivity contribution is 0.396. The second-order valence-corrected chi connectivity index (χ2v) is 4.55. The Kier molecular flexibility index (Phi) is 3.02. The molecular formula is C16H12O5. The first-order chi connectivity index (χ1) is 10.1. The van der Waals surface area contributed by atoms with Crippen LogP contribution >= 0.6 is 0 Å². The van der Waals surface area contributed by atoms with Crippen molar-refractivity contribution in [2.45, 2.75) is 0 Å². The maximum Gasteiger partial charge on any atom is 0.182 e. The Balaban J connectivity index is 2.27. The van der Waals surface area contributed by atoms with E-state index >= 15 is 0 Å². The van der Waals surface area contributed by atoms with Gasteiger partial charge in [0.15, 0.2) is 28.4 Å². The van der Waals surface area contributed by atoms with Crippen LogP contribution in [0.4, 0.5) is 0 Å². The van der Waals surface area contributed by atoms with Crippen molar-refractivity contribution in [3.8, 4) is 39.9 Å². The van der Waals surface area contributed by atoms with Gasteiger partial charge in [0.1, 0.15) is 5.76 Å². The standard InChI is InChI=1S/C16H12O5/c1-20-15-7-9-2-4-11(17)8-14(9)21-16(15)10-3-5-12(18)13(19)6-10/h2-8,18-19H,1H3. The van der Waals surface area contributed by atoms with E-state index in [4.69, 9.17) is 9.15 Å². The number of hydrogen-bond acceptors (Lipinski definition) is 5. The number of aromatic hydroxyl groups is 2. The Hall–Kier alpha value is -2.95. The predicted octanol–water partition coefficient (Wildman–Crippen LogP) is 2.83. The Morgan fingerprint density at radius 1 is 0.952 bits per heavy atom. The summed E-state index contributed by atoms with van der Waals surface area (Å²) in [5.41, 5.74) is 1.11. The topological polar surface area (TPSA) is 79.9 Å². The van der Waals surface area contributed by atoms with Gasteiger partial charge in [0, 0.05) is 17.2 Å². The van der Waals surface area contributed by atoms with Crippen LogP contribution in [0.15, 0.2) is 51.7 Å². The van der Waals surface area contributed by atoms with Gasteiger partial charge in [0.05, 0.1) is 7.11 Å². The van der Waals surface area contributed by atoms with Gasteiger partial charge in [-0.2, -0.15) is 0 Å². The van der Waals surface area contributed by atoms with Crippen molar-refractivity contribution in [3.63, 3.8) is 0 Å². The summed E-state index contributed by atoms with van der Waals surface area (Å²) in [7, 11) is 1.50. The van der Waals surface area contributed by atoms with Gasteiger partial charge in [-0.3, -0.25) is 4.79 Å². The van der Waals surface area contributed by atoms with E-state index in [1.165, 1.54) is 31.4 Å². The molecule has 2 aliphatic rings. The van der Waals surface area contributed by atoms with Gasteiger partial charge in [0.25, 0.3) is 0 Å². The summed E-state index contributed by atoms with van der Waals surface area (Å²) in [5.74, 6) is 0.769. The number of fused-ring (bicyclic) bond motifs is 1. The van der Waals surface area contributed by atoms with Gasteiger partial charge >= 0.3 is 0 Å². The highest BCUT2D eigenvalue weighted by molar-refractivity contribution is 5.73. The van der Waals surface area contributed by atoms with Crippen LogP contribution in [0.2, 0.25) is 0 Å². The zero-order valence-corrected chi connectivity index (χ0v) is 11.2. The number of rotatable bonds is 2. The van der Waals surface area contributed by atoms with Crippen molar-refractivity contribution >= 4 is 0 Å². The Bertz CT molecular complexity index is 834. The summed E-state index contributed by atoms with van der Waals surface area (Å²) in [6, 6.07) is 10.5. The van der Waals surface area contributed by atoms with Gasteiger partial charge < -0.3 is 19.4 Å². The molecule has 3 rings (SSSR count). The predicted molar refractivity (Wildman–Crippen MR) is 76.9 cm³/mol. The fourth-order valence-electron chi connectivity index (χ4n) is 2.11. The number of hydrogen-bond donors (Lipinski definition) is 2. The summed E-state index contributed by atoms with van der Waals surface area (Å²) in [5, 5.41) is 19.0. The smallest absolute Gasteiger partial charge is 0.182 e. The molecule has 5 nitrogen and oxygen atoms in total. The van der Waals surface area contributed by atoms with E-state index < -0.39 is 0 Å². The van der Waals surface area contributed by atoms with Gasteiger partial charge in [-0.1, -0.05) is 0 Å². The summed E-state index contributed by atoms with van der Waals surface area (Å²) < 4.78 is 11.0. The third kappa shape index (κ3) is 2.29. The summed E-state index contributed by atoms with van der Waals surface area (Å²) in [6.45, 7) is 0. The summed E-state index contributed by atoms with van der Waals surface area (Å²) >= 11 is 0. The van der Waals surface area contributed by atoms with E-state index in [2.05, 4.69) is 0 Å². The maximum atomic E-state index is 11.4. The van der Waals surface area contributed by atoms with Crippen LogP contribution < -0.4 is 10.2 Å². The maximum absolute atomic E-state index is 11.4. The molecule has 0 saturated carbocycles. The lowest BCUT2D eigenvalue weighted by atomic mass is 10.1. The minimum Gasteiger partial charge on any atom is -0.504 e. The van der Waals surface area contributed by atoms with Crippen molar-refractivity contribution in [2.75, 3.05) is 7.11 Å². The quantitative estimate of drug-likeness (QED) is 0.707. The van der Waals surface area contributed by atoms with E-state index in [9.17, 15) is 15.0 Å². The zero-order chi connectivity index (χ0) is 15.0. The van der Waals surface area contributed by atoms with E-state index in [-0.39, 0.29) is 16.9 Å². The molecule has 0 saturated heterocycles. The highest BCUT2D eigenvalue weighted by Gasteiger charge is 2.16. The van der Waals surface area contributed by atoms with Crippen molar-refractivity contribution in [1.29, 1.82) is 0 Å². The monoisotopic (exact) mass is 284 g/mol. The Morgan fingerprint density at radius 3 is 2.43 bits per heavy atom. The van der Waals surface area contributed by atoms with Crippen molar-refractivity contribution in [1.82, 2.24) is 0 Å². The first-order valence-corrected chi connectivity index (χ1v) is 6.23. The van der Waals surface area contributed by atoms with Crippen LogP contribution in [0.1, 0.15) is 0 Å². The summed E-state index contributed by atoms with van der Waals surface area (Å²) in [4.78, 5) is 11.4. The van der Waals surface area contributed by atoms with Crippen LogP contribution in [0.5, 0.6) is 17.2 Å². The molecule has 0 unspecified atom stereocenters. The largest absolute Gasteiger partial charge is 0.504 e. The number of phenols is 2. The lowest BCUT2D eigenvalue weighted by Gasteiger charge is -2.12. The second-order valence-electron chi connectivity index (χ2n) is 4.55. The fourth-order valence-corrected chi connectivity index (χ4v) is 2.11. The van der Waals surface area contributed by atoms with Gasteiger partial charge in [0.2, 0.25) is 0 Å². The molecule has 0 fully saturated rings. The minimum atomic E-state index is -0.262. The second kappa shape index (κ2) is 4.86. The minimum absolute atomic E-state index is 0.157. The number of benzene rings is 2. The van der Waals surface area contributed by atoms with Crippen LogP contribution in [0.3, 0.4) is 0 Å². The fraction of sp³-hybridized carbons (Fsp3) is 0.0625. The molecule has 1 aliphatic heterocycles. The molecule has 1 heterocycles. The number of ether oxygens (including phenoxy) is 1. The molecule has 0 bridgehead atoms. The normalized spacial score (nSPS) is 10.7. The zero-order valence-electron chi connectivity index (χ0n) is 11.2. The molecule has 1 aromatic rings. The summed E-state index contributed by atoms with van der Waals surface area (Å²) in [6.07, 6.45) is 0. The van der Waals surface area contributed by atoms with Crippen LogP contribution in [0.25, 0.3) is 22.6 Å². The molecule has 0 atom stereocenters. The molecule has 0 aromatic heterocycles. The highest BCUT2D eigenvalue weighted by Crippen LogP contribution is 2.39. The number of methoxy groups -OCH3 is 1. The number of phenolic OH excluding ortho intramolecular Hbond substituents is 2.